The number of aromatic nitrogens is 1. The Labute approximate surface area is 397 Å². The molecular weight excluding hydrogens is 893 g/mol. The second-order valence-corrected chi connectivity index (χ2v) is 17.4. The number of para-hydroxylation sites is 1. The average Bonchev–Trinajstić information content (AvgIpc) is 3.73. The number of amides is 6. The van der Waals surface area contributed by atoms with Crippen molar-refractivity contribution in [2.75, 3.05) is 12.0 Å². The van der Waals surface area contributed by atoms with Crippen molar-refractivity contribution in [3.05, 3.63) is 132 Å². The minimum atomic E-state index is -1.36. The maximum absolute atomic E-state index is 14.5. The van der Waals surface area contributed by atoms with Crippen molar-refractivity contribution >= 4 is 64.1 Å². The lowest BCUT2D eigenvalue weighted by atomic mass is 10.0. The third-order valence-corrected chi connectivity index (χ3v) is 11.7. The first-order valence-corrected chi connectivity index (χ1v) is 23.3. The van der Waals surface area contributed by atoms with Gasteiger partial charge in [0, 0.05) is 42.8 Å². The molecule has 1 aromatic heterocycles. The molecule has 7 atom stereocenters. The molecule has 5 aromatic rings. The van der Waals surface area contributed by atoms with Crippen LogP contribution in [0.4, 0.5) is 0 Å². The molecular formula is C49H58N8O10S. The number of thioether (sulfide) groups is 1. The lowest BCUT2D eigenvalue weighted by Gasteiger charge is -2.28. The molecule has 68 heavy (non-hydrogen) atoms. The number of nitrogens with one attached hydrogen (secondary N) is 7. The molecule has 19 heteroatoms. The SMILES string of the molecule is CSCC[C@H](NC(=O)[C@H](Cc1ccc(O)cc1)NC(=O)[C@H](Cc1ccccc1)NC(=O)[C@H](C)N)C(=O)N[C@@H](Cc1c[nH]c2ccccc12)C(=O)N[C@@H](Cc1ccc(O)cc1)C(=O)N[C@@H](C)C(=O)O. The third kappa shape index (κ3) is 15.3. The van der Waals surface area contributed by atoms with Crippen molar-refractivity contribution in [3.8, 4) is 11.5 Å². The van der Waals surface area contributed by atoms with E-state index in [1.54, 1.807) is 60.8 Å². The van der Waals surface area contributed by atoms with E-state index in [2.05, 4.69) is 36.9 Å². The number of nitrogens with two attached hydrogens (primary N) is 1. The van der Waals surface area contributed by atoms with Crippen LogP contribution in [0.2, 0.25) is 0 Å². The zero-order chi connectivity index (χ0) is 49.3. The highest BCUT2D eigenvalue weighted by atomic mass is 32.2. The van der Waals surface area contributed by atoms with Crippen LogP contribution in [-0.2, 0) is 59.2 Å². The molecule has 18 nitrogen and oxygen atoms in total. The minimum Gasteiger partial charge on any atom is -0.508 e. The predicted octanol–water partition coefficient (Wildman–Crippen LogP) is 1.96. The number of aromatic amines is 1. The molecule has 0 aliphatic carbocycles. The number of carbonyl (C=O) groups is 7. The Morgan fingerprint density at radius 1 is 0.544 bits per heavy atom. The van der Waals surface area contributed by atoms with Gasteiger partial charge in [0.2, 0.25) is 35.4 Å². The molecule has 0 aliphatic rings. The van der Waals surface area contributed by atoms with E-state index in [0.717, 1.165) is 16.5 Å². The molecule has 0 spiro atoms. The van der Waals surface area contributed by atoms with E-state index >= 15 is 0 Å². The van der Waals surface area contributed by atoms with Crippen molar-refractivity contribution in [2.45, 2.75) is 88.2 Å². The highest BCUT2D eigenvalue weighted by molar-refractivity contribution is 7.98. The van der Waals surface area contributed by atoms with Crippen molar-refractivity contribution in [3.63, 3.8) is 0 Å². The number of hydrogen-bond acceptors (Lipinski definition) is 11. The highest BCUT2D eigenvalue weighted by Gasteiger charge is 2.34. The summed E-state index contributed by atoms with van der Waals surface area (Å²) in [7, 11) is 0. The standard InChI is InChI=1S/C49H58N8O10S/c1-28(50)43(60)54-40(23-30-9-5-4-6-10-30)47(64)56-41(25-32-15-19-35(59)20-16-32)46(63)53-38(21-22-68-3)44(61)57-42(26-33-27-51-37-12-8-7-11-36(33)37)48(65)55-39(45(62)52-29(2)49(66)67)24-31-13-17-34(58)18-14-31/h4-20,27-29,38-42,51,58-59H,21-26,50H2,1-3H3,(H,52,62)(H,53,63)(H,54,60)(H,55,65)(H,56,64)(H,57,61)(H,66,67)/t28-,29-,38-,39-,40-,41-,42-/m0/s1. The van der Waals surface area contributed by atoms with E-state index < -0.39 is 83.7 Å². The predicted molar refractivity (Wildman–Crippen MR) is 257 cm³/mol. The number of aromatic hydroxyl groups is 2. The number of benzene rings is 4. The normalized spacial score (nSPS) is 14.2. The maximum Gasteiger partial charge on any atom is 0.325 e. The number of phenolic OH excluding ortho intramolecular Hbond substituents is 2. The monoisotopic (exact) mass is 950 g/mol. The molecule has 0 saturated carbocycles. The van der Waals surface area contributed by atoms with Crippen LogP contribution in [0, 0.1) is 0 Å². The van der Waals surface area contributed by atoms with Crippen molar-refractivity contribution in [2.24, 2.45) is 5.73 Å². The van der Waals surface area contributed by atoms with Gasteiger partial charge in [0.25, 0.3) is 0 Å². The van der Waals surface area contributed by atoms with E-state index in [-0.39, 0.29) is 43.6 Å². The number of aliphatic carboxylic acids is 1. The van der Waals surface area contributed by atoms with Gasteiger partial charge in [-0.25, -0.2) is 0 Å². The van der Waals surface area contributed by atoms with Crippen LogP contribution >= 0.6 is 11.8 Å². The van der Waals surface area contributed by atoms with E-state index in [9.17, 15) is 48.9 Å². The molecule has 1 heterocycles. The van der Waals surface area contributed by atoms with E-state index in [1.165, 1.54) is 49.9 Å². The van der Waals surface area contributed by atoms with Gasteiger partial charge >= 0.3 is 5.97 Å². The van der Waals surface area contributed by atoms with Crippen molar-refractivity contribution in [1.29, 1.82) is 0 Å². The van der Waals surface area contributed by atoms with Crippen LogP contribution in [0.25, 0.3) is 10.9 Å². The zero-order valence-electron chi connectivity index (χ0n) is 37.9. The Kier molecular flexibility index (Phi) is 18.9. The topological polar surface area (TPSA) is 294 Å². The van der Waals surface area contributed by atoms with Gasteiger partial charge in [-0.15, -0.1) is 0 Å². The fraction of sp³-hybridized carbons (Fsp3) is 0.327. The van der Waals surface area contributed by atoms with Gasteiger partial charge in [-0.2, -0.15) is 11.8 Å². The van der Waals surface area contributed by atoms with Crippen LogP contribution in [0.15, 0.2) is 109 Å². The number of carboxylic acid groups (broad SMARTS) is 1. The zero-order valence-corrected chi connectivity index (χ0v) is 38.7. The van der Waals surface area contributed by atoms with E-state index in [4.69, 9.17) is 5.73 Å². The quantitative estimate of drug-likeness (QED) is 0.0424. The number of carbonyl (C=O) groups excluding carboxylic acids is 6. The van der Waals surface area contributed by atoms with Crippen LogP contribution < -0.4 is 37.6 Å². The molecule has 12 N–H and O–H groups in total. The van der Waals surface area contributed by atoms with Crippen LogP contribution in [0.1, 0.15) is 42.5 Å². The number of phenols is 2. The summed E-state index contributed by atoms with van der Waals surface area (Å²) in [4.78, 5) is 98.8. The lowest BCUT2D eigenvalue weighted by molar-refractivity contribution is -0.141. The Bertz CT molecular complexity index is 2520. The lowest BCUT2D eigenvalue weighted by Crippen LogP contribution is -2.60. The first kappa shape index (κ1) is 51.6. The molecule has 0 aliphatic heterocycles. The van der Waals surface area contributed by atoms with E-state index in [0.29, 0.717) is 22.4 Å². The third-order valence-electron chi connectivity index (χ3n) is 11.1. The Balaban J connectivity index is 1.45. The molecule has 0 fully saturated rings. The van der Waals surface area contributed by atoms with Crippen LogP contribution in [-0.4, -0.2) is 116 Å². The van der Waals surface area contributed by atoms with Crippen molar-refractivity contribution in [1.82, 2.24) is 36.9 Å². The maximum atomic E-state index is 14.5. The van der Waals surface area contributed by atoms with Crippen LogP contribution in [0.5, 0.6) is 11.5 Å². The Morgan fingerprint density at radius 2 is 0.956 bits per heavy atom. The summed E-state index contributed by atoms with van der Waals surface area (Å²) in [6, 6.07) is 19.4. The smallest absolute Gasteiger partial charge is 0.325 e. The number of carboxylic acids is 1. The van der Waals surface area contributed by atoms with Crippen molar-refractivity contribution < 1.29 is 48.9 Å². The van der Waals surface area contributed by atoms with E-state index in [1.807, 2.05) is 30.5 Å². The molecule has 6 amide bonds. The second-order valence-electron chi connectivity index (χ2n) is 16.4. The first-order valence-electron chi connectivity index (χ1n) is 22.0. The largest absolute Gasteiger partial charge is 0.508 e. The molecule has 0 radical (unpaired) electrons. The summed E-state index contributed by atoms with van der Waals surface area (Å²) in [5.41, 5.74) is 9.04. The van der Waals surface area contributed by atoms with Gasteiger partial charge < -0.3 is 57.9 Å². The van der Waals surface area contributed by atoms with Gasteiger partial charge in [0.15, 0.2) is 0 Å². The molecule has 4 aromatic carbocycles. The summed E-state index contributed by atoms with van der Waals surface area (Å²) in [5.74, 6) is -5.41. The number of H-pyrrole nitrogens is 1. The Hall–Kier alpha value is -7.38. The van der Waals surface area contributed by atoms with Gasteiger partial charge in [0.05, 0.1) is 6.04 Å². The molecule has 0 bridgehead atoms. The number of fused-ring (bicyclic) bond motifs is 1. The molecule has 360 valence electrons. The molecule has 5 rings (SSSR count). The molecule has 0 unspecified atom stereocenters. The number of rotatable bonds is 24. The Morgan fingerprint density at radius 3 is 1.44 bits per heavy atom. The fourth-order valence-corrected chi connectivity index (χ4v) is 7.69. The summed E-state index contributed by atoms with van der Waals surface area (Å²) >= 11 is 1.40. The molecule has 0 saturated heterocycles. The van der Waals surface area contributed by atoms with Gasteiger partial charge in [-0.05, 0) is 84.9 Å². The minimum absolute atomic E-state index is 0.0255. The summed E-state index contributed by atoms with van der Waals surface area (Å²) < 4.78 is 0. The van der Waals surface area contributed by atoms with Gasteiger partial charge in [-0.1, -0.05) is 72.8 Å². The summed E-state index contributed by atoms with van der Waals surface area (Å²) in [6.07, 6.45) is 3.36. The second kappa shape index (κ2) is 24.9. The van der Waals surface area contributed by atoms with Gasteiger partial charge in [-0.3, -0.25) is 33.6 Å². The summed E-state index contributed by atoms with van der Waals surface area (Å²) in [6.45, 7) is 2.74. The number of hydrogen-bond donors (Lipinski definition) is 11. The first-order chi connectivity index (χ1) is 32.5. The highest BCUT2D eigenvalue weighted by Crippen LogP contribution is 2.20. The van der Waals surface area contributed by atoms with Crippen LogP contribution in [0.3, 0.4) is 0 Å². The van der Waals surface area contributed by atoms with Gasteiger partial charge in [0.1, 0.15) is 47.8 Å². The summed E-state index contributed by atoms with van der Waals surface area (Å²) in [5, 5.41) is 46.3. The fourth-order valence-electron chi connectivity index (χ4n) is 7.22. The average molecular weight is 951 g/mol.